The fourth-order valence-corrected chi connectivity index (χ4v) is 3.34. The van der Waals surface area contributed by atoms with Crippen LogP contribution in [0.25, 0.3) is 0 Å². The molecule has 28 heavy (non-hydrogen) atoms. The quantitative estimate of drug-likeness (QED) is 0.474. The fourth-order valence-electron chi connectivity index (χ4n) is 3.34. The van der Waals surface area contributed by atoms with E-state index < -0.39 is 27.8 Å². The highest BCUT2D eigenvalue weighted by Crippen LogP contribution is 2.29. The minimum atomic E-state index is -0.833. The van der Waals surface area contributed by atoms with Crippen LogP contribution in [0.2, 0.25) is 0 Å². The molecule has 1 aliphatic rings. The number of carbonyl (C=O) groups is 1. The largest absolute Gasteiger partial charge is 0.494 e. The van der Waals surface area contributed by atoms with Crippen molar-refractivity contribution >= 4 is 11.5 Å². The van der Waals surface area contributed by atoms with Gasteiger partial charge in [0.05, 0.1) is 23.1 Å². The Balaban J connectivity index is 2.21. The molecule has 2 aromatic rings. The molecule has 2 heterocycles. The summed E-state index contributed by atoms with van der Waals surface area (Å²) < 4.78 is 6.41. The van der Waals surface area contributed by atoms with E-state index >= 15 is 0 Å². The van der Waals surface area contributed by atoms with Crippen molar-refractivity contribution in [3.05, 3.63) is 67.0 Å². The van der Waals surface area contributed by atoms with Gasteiger partial charge in [0.15, 0.2) is 0 Å². The zero-order valence-electron chi connectivity index (χ0n) is 15.0. The molecular formula is C19H17N3O6. The molecule has 0 bridgehead atoms. The van der Waals surface area contributed by atoms with Crippen LogP contribution in [0.1, 0.15) is 39.9 Å². The molecule has 0 amide bonds. The van der Waals surface area contributed by atoms with Gasteiger partial charge in [0.2, 0.25) is 11.7 Å². The number of hydrogen-bond donors (Lipinski definition) is 1. The van der Waals surface area contributed by atoms with Gasteiger partial charge in [0, 0.05) is 12.7 Å². The Hall–Kier alpha value is -3.51. The molecular weight excluding hydrogens is 366 g/mol. The third-order valence-electron chi connectivity index (χ3n) is 4.78. The van der Waals surface area contributed by atoms with Crippen molar-refractivity contribution in [3.63, 3.8) is 0 Å². The van der Waals surface area contributed by atoms with Gasteiger partial charge in [0.1, 0.15) is 17.2 Å². The van der Waals surface area contributed by atoms with Gasteiger partial charge >= 0.3 is 0 Å². The number of carbonyl (C=O) groups excluding carboxylic acids is 1. The van der Waals surface area contributed by atoms with Gasteiger partial charge < -0.3 is 9.84 Å². The third kappa shape index (κ3) is 3.25. The monoisotopic (exact) mass is 383 g/mol. The van der Waals surface area contributed by atoms with Crippen LogP contribution in [0.15, 0.2) is 29.1 Å². The average Bonchev–Trinajstić information content (AvgIpc) is 3.18. The fraction of sp³-hybridized carbons (Fsp3) is 0.316. The standard InChI is InChI=1S/C19H17N3O6/c1-11-14(9-20)18(24)21(10-12-5-4-8-28-12)19(25)16(11)17(23)13-6-2-3-7-15(13)22(26)27/h2-3,6-7,12,25H,4-5,8,10H2,1H3. The minimum absolute atomic E-state index is 0.0169. The first kappa shape index (κ1) is 19.3. The number of nitro groups is 1. The molecule has 9 heteroatoms. The van der Waals surface area contributed by atoms with Crippen molar-refractivity contribution in [1.82, 2.24) is 4.57 Å². The summed E-state index contributed by atoms with van der Waals surface area (Å²) in [6.07, 6.45) is 1.15. The molecule has 0 aliphatic carbocycles. The molecule has 1 unspecified atom stereocenters. The maximum atomic E-state index is 13.1. The second-order valence-corrected chi connectivity index (χ2v) is 6.46. The van der Waals surface area contributed by atoms with Gasteiger partial charge in [-0.15, -0.1) is 0 Å². The molecule has 1 atom stereocenters. The van der Waals surface area contributed by atoms with E-state index in [2.05, 4.69) is 0 Å². The molecule has 1 N–H and O–H groups in total. The van der Waals surface area contributed by atoms with Crippen molar-refractivity contribution in [2.75, 3.05) is 6.61 Å². The number of rotatable bonds is 5. The number of pyridine rings is 1. The Labute approximate surface area is 159 Å². The van der Waals surface area contributed by atoms with Gasteiger partial charge in [-0.3, -0.25) is 24.3 Å². The van der Waals surface area contributed by atoms with Crippen LogP contribution in [0.4, 0.5) is 5.69 Å². The Morgan fingerprint density at radius 1 is 1.46 bits per heavy atom. The lowest BCUT2D eigenvalue weighted by molar-refractivity contribution is -0.385. The molecule has 0 spiro atoms. The number of aromatic nitrogens is 1. The molecule has 1 fully saturated rings. The van der Waals surface area contributed by atoms with Crippen molar-refractivity contribution in [3.8, 4) is 11.9 Å². The van der Waals surface area contributed by atoms with Crippen molar-refractivity contribution in [1.29, 1.82) is 5.26 Å². The van der Waals surface area contributed by atoms with Crippen LogP contribution < -0.4 is 5.56 Å². The maximum absolute atomic E-state index is 13.1. The van der Waals surface area contributed by atoms with E-state index in [1.807, 2.05) is 0 Å². The summed E-state index contributed by atoms with van der Waals surface area (Å²) in [6, 6.07) is 7.08. The zero-order chi connectivity index (χ0) is 20.4. The molecule has 1 aromatic heterocycles. The third-order valence-corrected chi connectivity index (χ3v) is 4.78. The van der Waals surface area contributed by atoms with E-state index in [0.717, 1.165) is 11.0 Å². The smallest absolute Gasteiger partial charge is 0.280 e. The van der Waals surface area contributed by atoms with Crippen molar-refractivity contribution < 1.29 is 19.6 Å². The lowest BCUT2D eigenvalue weighted by atomic mass is 9.96. The van der Waals surface area contributed by atoms with Gasteiger partial charge in [-0.1, -0.05) is 12.1 Å². The molecule has 9 nitrogen and oxygen atoms in total. The Morgan fingerprint density at radius 2 is 2.18 bits per heavy atom. The summed E-state index contributed by atoms with van der Waals surface area (Å²) in [7, 11) is 0. The highest BCUT2D eigenvalue weighted by Gasteiger charge is 2.30. The molecule has 1 saturated heterocycles. The second-order valence-electron chi connectivity index (χ2n) is 6.46. The van der Waals surface area contributed by atoms with E-state index in [4.69, 9.17) is 4.74 Å². The van der Waals surface area contributed by atoms with Crippen LogP contribution in [0.5, 0.6) is 5.88 Å². The molecule has 0 saturated carbocycles. The van der Waals surface area contributed by atoms with E-state index in [-0.39, 0.29) is 34.9 Å². The highest BCUT2D eigenvalue weighted by atomic mass is 16.6. The lowest BCUT2D eigenvalue weighted by Gasteiger charge is -2.18. The predicted molar refractivity (Wildman–Crippen MR) is 97.3 cm³/mol. The van der Waals surface area contributed by atoms with Crippen LogP contribution in [-0.2, 0) is 11.3 Å². The molecule has 1 aliphatic heterocycles. The number of benzene rings is 1. The van der Waals surface area contributed by atoms with E-state index in [1.54, 1.807) is 6.07 Å². The summed E-state index contributed by atoms with van der Waals surface area (Å²) in [5.41, 5.74) is -2.01. The summed E-state index contributed by atoms with van der Waals surface area (Å²) in [5.74, 6) is -1.46. The summed E-state index contributed by atoms with van der Waals surface area (Å²) in [5, 5.41) is 31.4. The van der Waals surface area contributed by atoms with Crippen LogP contribution in [0.3, 0.4) is 0 Å². The number of nitrogens with zero attached hydrogens (tertiary/aromatic N) is 3. The molecule has 3 rings (SSSR count). The summed E-state index contributed by atoms with van der Waals surface area (Å²) in [6.45, 7) is 1.87. The predicted octanol–water partition coefficient (Wildman–Crippen LogP) is 2.05. The molecule has 0 radical (unpaired) electrons. The first-order valence-electron chi connectivity index (χ1n) is 8.63. The number of nitro benzene ring substituents is 1. The summed E-state index contributed by atoms with van der Waals surface area (Å²) in [4.78, 5) is 36.3. The number of nitriles is 1. The van der Waals surface area contributed by atoms with Crippen LogP contribution >= 0.6 is 0 Å². The first-order chi connectivity index (χ1) is 13.4. The van der Waals surface area contributed by atoms with Crippen molar-refractivity contribution in [2.45, 2.75) is 32.4 Å². The van der Waals surface area contributed by atoms with E-state index in [1.165, 1.54) is 31.2 Å². The van der Waals surface area contributed by atoms with Crippen molar-refractivity contribution in [2.24, 2.45) is 0 Å². The van der Waals surface area contributed by atoms with Gasteiger partial charge in [-0.25, -0.2) is 0 Å². The Morgan fingerprint density at radius 3 is 2.79 bits per heavy atom. The molecule has 144 valence electrons. The zero-order valence-corrected chi connectivity index (χ0v) is 15.0. The van der Waals surface area contributed by atoms with Gasteiger partial charge in [-0.05, 0) is 31.4 Å². The average molecular weight is 383 g/mol. The normalized spacial score (nSPS) is 15.9. The van der Waals surface area contributed by atoms with Gasteiger partial charge in [-0.2, -0.15) is 5.26 Å². The van der Waals surface area contributed by atoms with E-state index in [9.17, 15) is 30.1 Å². The summed E-state index contributed by atoms with van der Waals surface area (Å²) >= 11 is 0. The van der Waals surface area contributed by atoms with E-state index in [0.29, 0.717) is 13.0 Å². The van der Waals surface area contributed by atoms with Crippen LogP contribution in [-0.4, -0.2) is 33.1 Å². The number of ether oxygens (including phenoxy) is 1. The lowest BCUT2D eigenvalue weighted by Crippen LogP contribution is -2.30. The number of para-hydroxylation sites is 1. The maximum Gasteiger partial charge on any atom is 0.280 e. The highest BCUT2D eigenvalue weighted by molar-refractivity contribution is 6.13. The minimum Gasteiger partial charge on any atom is -0.494 e. The number of aromatic hydroxyl groups is 1. The number of ketones is 1. The van der Waals surface area contributed by atoms with Crippen LogP contribution in [0, 0.1) is 28.4 Å². The Kier molecular flexibility index (Phi) is 5.24. The topological polar surface area (TPSA) is 135 Å². The molecule has 1 aromatic carbocycles. The Bertz CT molecular complexity index is 1060. The SMILES string of the molecule is Cc1c(C(=O)c2ccccc2[N+](=O)[O-])c(O)n(CC2CCCO2)c(=O)c1C#N. The first-order valence-corrected chi connectivity index (χ1v) is 8.63. The second kappa shape index (κ2) is 7.62. The van der Waals surface area contributed by atoms with Gasteiger partial charge in [0.25, 0.3) is 11.2 Å². The number of hydrogen-bond acceptors (Lipinski definition) is 7.